The van der Waals surface area contributed by atoms with E-state index in [1.165, 1.54) is 6.20 Å². The van der Waals surface area contributed by atoms with Gasteiger partial charge in [0.15, 0.2) is 0 Å². The molecule has 25 heavy (non-hydrogen) atoms. The van der Waals surface area contributed by atoms with E-state index in [-0.39, 0.29) is 11.6 Å². The van der Waals surface area contributed by atoms with Crippen LogP contribution in [0.3, 0.4) is 0 Å². The van der Waals surface area contributed by atoms with Gasteiger partial charge >= 0.3 is 0 Å². The molecule has 0 bridgehead atoms. The Morgan fingerprint density at radius 1 is 1.08 bits per heavy atom. The molecule has 2 N–H and O–H groups in total. The zero-order valence-corrected chi connectivity index (χ0v) is 13.3. The summed E-state index contributed by atoms with van der Waals surface area (Å²) in [4.78, 5) is 20.6. The summed E-state index contributed by atoms with van der Waals surface area (Å²) in [6, 6.07) is 20.2. The lowest BCUT2D eigenvalue weighted by molar-refractivity contribution is 0.0946. The molecule has 1 heterocycles. The Bertz CT molecular complexity index is 918. The first kappa shape index (κ1) is 16.1. The number of hydrogen-bond acceptors (Lipinski definition) is 5. The molecule has 6 heteroatoms. The van der Waals surface area contributed by atoms with Crippen LogP contribution in [-0.4, -0.2) is 15.9 Å². The van der Waals surface area contributed by atoms with Gasteiger partial charge in [-0.05, 0) is 29.8 Å². The molecule has 0 atom stereocenters. The van der Waals surface area contributed by atoms with Crippen molar-refractivity contribution in [3.05, 3.63) is 83.7 Å². The van der Waals surface area contributed by atoms with Crippen molar-refractivity contribution in [1.82, 2.24) is 15.3 Å². The van der Waals surface area contributed by atoms with Crippen LogP contribution in [0.5, 0.6) is 0 Å². The third-order valence-corrected chi connectivity index (χ3v) is 3.43. The van der Waals surface area contributed by atoms with Crippen LogP contribution in [0, 0.1) is 11.3 Å². The van der Waals surface area contributed by atoms with Gasteiger partial charge in [-0.2, -0.15) is 5.26 Å². The van der Waals surface area contributed by atoms with Crippen molar-refractivity contribution in [3.8, 4) is 6.07 Å². The van der Waals surface area contributed by atoms with E-state index in [0.29, 0.717) is 23.7 Å². The average Bonchev–Trinajstić information content (AvgIpc) is 2.67. The molecular formula is C19H15N5O. The van der Waals surface area contributed by atoms with Crippen LogP contribution in [0.15, 0.2) is 66.9 Å². The number of carbonyl (C=O) groups excluding carboxylic acids is 1. The molecule has 0 saturated heterocycles. The highest BCUT2D eigenvalue weighted by Gasteiger charge is 2.09. The maximum absolute atomic E-state index is 12.3. The molecule has 0 aliphatic heterocycles. The number of nitriles is 1. The number of hydrogen-bond donors (Lipinski definition) is 2. The molecule has 3 aromatic rings. The molecular weight excluding hydrogens is 314 g/mol. The first-order valence-corrected chi connectivity index (χ1v) is 7.67. The maximum Gasteiger partial charge on any atom is 0.270 e. The number of aromatic nitrogens is 2. The number of nitrogens with one attached hydrogen (secondary N) is 2. The lowest BCUT2D eigenvalue weighted by atomic mass is 10.2. The first-order chi connectivity index (χ1) is 12.2. The van der Waals surface area contributed by atoms with E-state index in [0.717, 1.165) is 5.56 Å². The van der Waals surface area contributed by atoms with Gasteiger partial charge in [0, 0.05) is 18.4 Å². The minimum atomic E-state index is -0.278. The van der Waals surface area contributed by atoms with E-state index < -0.39 is 0 Å². The third kappa shape index (κ3) is 4.39. The maximum atomic E-state index is 12.3. The standard InChI is InChI=1S/C19H15N5O/c20-12-15-7-4-8-16(11-15)23-19-21-10-9-17(24-19)18(25)22-13-14-5-2-1-3-6-14/h1-11H,13H2,(H,22,25)(H,21,23,24). The number of amides is 1. The van der Waals surface area contributed by atoms with Crippen LogP contribution < -0.4 is 10.6 Å². The van der Waals surface area contributed by atoms with Gasteiger partial charge in [0.25, 0.3) is 5.91 Å². The number of nitrogens with zero attached hydrogens (tertiary/aromatic N) is 3. The van der Waals surface area contributed by atoms with E-state index in [2.05, 4.69) is 26.7 Å². The first-order valence-electron chi connectivity index (χ1n) is 7.67. The lowest BCUT2D eigenvalue weighted by Crippen LogP contribution is -2.24. The fourth-order valence-electron chi connectivity index (χ4n) is 2.21. The predicted molar refractivity (Wildman–Crippen MR) is 94.1 cm³/mol. The zero-order chi connectivity index (χ0) is 17.5. The van der Waals surface area contributed by atoms with Crippen LogP contribution in [0.4, 0.5) is 11.6 Å². The molecule has 3 rings (SSSR count). The summed E-state index contributed by atoms with van der Waals surface area (Å²) in [7, 11) is 0. The second-order valence-electron chi connectivity index (χ2n) is 5.25. The number of rotatable bonds is 5. The van der Waals surface area contributed by atoms with Gasteiger partial charge in [0.2, 0.25) is 5.95 Å². The van der Waals surface area contributed by atoms with E-state index in [9.17, 15) is 4.79 Å². The molecule has 122 valence electrons. The molecule has 0 spiro atoms. The fraction of sp³-hybridized carbons (Fsp3) is 0.0526. The van der Waals surface area contributed by atoms with Crippen molar-refractivity contribution in [1.29, 1.82) is 5.26 Å². The number of anilines is 2. The molecule has 1 aromatic heterocycles. The highest BCUT2D eigenvalue weighted by atomic mass is 16.1. The van der Waals surface area contributed by atoms with Gasteiger partial charge in [-0.25, -0.2) is 9.97 Å². The Balaban J connectivity index is 1.68. The minimum absolute atomic E-state index is 0.268. The Morgan fingerprint density at radius 3 is 2.72 bits per heavy atom. The van der Waals surface area contributed by atoms with Crippen LogP contribution in [0.25, 0.3) is 0 Å². The topological polar surface area (TPSA) is 90.7 Å². The number of benzene rings is 2. The van der Waals surface area contributed by atoms with Gasteiger partial charge in [-0.3, -0.25) is 4.79 Å². The van der Waals surface area contributed by atoms with Gasteiger partial charge in [0.1, 0.15) is 5.69 Å². The van der Waals surface area contributed by atoms with Gasteiger partial charge < -0.3 is 10.6 Å². The molecule has 0 fully saturated rings. The van der Waals surface area contributed by atoms with Crippen LogP contribution in [0.1, 0.15) is 21.6 Å². The van der Waals surface area contributed by atoms with Crippen molar-refractivity contribution < 1.29 is 4.79 Å². The second kappa shape index (κ2) is 7.70. The van der Waals surface area contributed by atoms with Crippen molar-refractivity contribution in [2.75, 3.05) is 5.32 Å². The smallest absolute Gasteiger partial charge is 0.270 e. The monoisotopic (exact) mass is 329 g/mol. The quantitative estimate of drug-likeness (QED) is 0.751. The normalized spacial score (nSPS) is 9.88. The van der Waals surface area contributed by atoms with Crippen LogP contribution >= 0.6 is 0 Å². The Labute approximate surface area is 145 Å². The zero-order valence-electron chi connectivity index (χ0n) is 13.3. The number of carbonyl (C=O) groups is 1. The summed E-state index contributed by atoms with van der Waals surface area (Å²) in [6.45, 7) is 0.427. The molecule has 1 amide bonds. The Hall–Kier alpha value is -3.72. The average molecular weight is 329 g/mol. The highest BCUT2D eigenvalue weighted by molar-refractivity contribution is 5.92. The summed E-state index contributed by atoms with van der Waals surface area (Å²) in [5, 5.41) is 14.8. The van der Waals surface area contributed by atoms with Gasteiger partial charge in [-0.15, -0.1) is 0 Å². The Morgan fingerprint density at radius 2 is 1.92 bits per heavy atom. The van der Waals surface area contributed by atoms with Crippen LogP contribution in [0.2, 0.25) is 0 Å². The summed E-state index contributed by atoms with van der Waals surface area (Å²) in [5.74, 6) is 0.0162. The minimum Gasteiger partial charge on any atom is -0.347 e. The van der Waals surface area contributed by atoms with Crippen molar-refractivity contribution >= 4 is 17.5 Å². The van der Waals surface area contributed by atoms with Crippen LogP contribution in [-0.2, 0) is 6.54 Å². The van der Waals surface area contributed by atoms with Crippen molar-refractivity contribution in [2.24, 2.45) is 0 Å². The summed E-state index contributed by atoms with van der Waals surface area (Å²) < 4.78 is 0. The fourth-order valence-corrected chi connectivity index (χ4v) is 2.21. The van der Waals surface area contributed by atoms with E-state index >= 15 is 0 Å². The lowest BCUT2D eigenvalue weighted by Gasteiger charge is -2.07. The summed E-state index contributed by atoms with van der Waals surface area (Å²) in [6.07, 6.45) is 1.51. The van der Waals surface area contributed by atoms with E-state index in [4.69, 9.17) is 5.26 Å². The molecule has 0 aliphatic rings. The Kier molecular flexibility index (Phi) is 4.98. The predicted octanol–water partition coefficient (Wildman–Crippen LogP) is 3.02. The molecule has 2 aromatic carbocycles. The largest absolute Gasteiger partial charge is 0.347 e. The molecule has 0 aliphatic carbocycles. The van der Waals surface area contributed by atoms with E-state index in [1.54, 1.807) is 30.3 Å². The van der Waals surface area contributed by atoms with Crippen molar-refractivity contribution in [2.45, 2.75) is 6.54 Å². The SMILES string of the molecule is N#Cc1cccc(Nc2nccc(C(=O)NCc3ccccc3)n2)c1. The van der Waals surface area contributed by atoms with Gasteiger partial charge in [0.05, 0.1) is 11.6 Å². The summed E-state index contributed by atoms with van der Waals surface area (Å²) >= 11 is 0. The molecule has 0 unspecified atom stereocenters. The third-order valence-electron chi connectivity index (χ3n) is 3.43. The van der Waals surface area contributed by atoms with Crippen molar-refractivity contribution in [3.63, 3.8) is 0 Å². The second-order valence-corrected chi connectivity index (χ2v) is 5.25. The summed E-state index contributed by atoms with van der Waals surface area (Å²) in [5.41, 5.74) is 2.49. The van der Waals surface area contributed by atoms with Gasteiger partial charge in [-0.1, -0.05) is 36.4 Å². The molecule has 6 nitrogen and oxygen atoms in total. The van der Waals surface area contributed by atoms with E-state index in [1.807, 2.05) is 30.3 Å². The molecule has 0 saturated carbocycles. The highest BCUT2D eigenvalue weighted by Crippen LogP contribution is 2.14. The molecule has 0 radical (unpaired) electrons.